The Bertz CT molecular complexity index is 828. The molecule has 122 valence electrons. The number of thiazole rings is 1. The van der Waals surface area contributed by atoms with Crippen LogP contribution in [0.2, 0.25) is 0 Å². The molecule has 3 aromatic rings. The van der Waals surface area contributed by atoms with Crippen molar-refractivity contribution in [3.8, 4) is 5.88 Å². The Balaban J connectivity index is 1.82. The van der Waals surface area contributed by atoms with Gasteiger partial charge in [-0.25, -0.2) is 4.98 Å². The normalized spacial score (nSPS) is 17.8. The standard InChI is InChI=1S/C16H20N4O2S/c1-10-6-7-12(22-10)13(19-8-4-3-5-9-19)14-15(21)20-16(23-14)17-11(2)18-20/h6-7,13,21H,3-5,8-9H2,1-2H3/t13-/m1/s1. The molecule has 0 aliphatic carbocycles. The van der Waals surface area contributed by atoms with Crippen molar-refractivity contribution in [3.05, 3.63) is 34.4 Å². The van der Waals surface area contributed by atoms with E-state index in [0.29, 0.717) is 5.82 Å². The molecule has 3 aromatic heterocycles. The van der Waals surface area contributed by atoms with Crippen LogP contribution in [0.25, 0.3) is 4.96 Å². The van der Waals surface area contributed by atoms with E-state index in [-0.39, 0.29) is 11.9 Å². The first-order chi connectivity index (χ1) is 11.1. The molecular weight excluding hydrogens is 312 g/mol. The minimum atomic E-state index is -0.0715. The second kappa shape index (κ2) is 5.65. The Morgan fingerprint density at radius 1 is 1.22 bits per heavy atom. The summed E-state index contributed by atoms with van der Waals surface area (Å²) in [4.78, 5) is 8.35. The van der Waals surface area contributed by atoms with Gasteiger partial charge in [-0.1, -0.05) is 17.8 Å². The topological polar surface area (TPSA) is 66.8 Å². The fourth-order valence-electron chi connectivity index (χ4n) is 3.28. The Hall–Kier alpha value is -1.86. The molecule has 0 radical (unpaired) electrons. The van der Waals surface area contributed by atoms with Crippen LogP contribution in [0.1, 0.15) is 47.5 Å². The van der Waals surface area contributed by atoms with E-state index in [9.17, 15) is 5.11 Å². The number of fused-ring (bicyclic) bond motifs is 1. The number of piperidine rings is 1. The highest BCUT2D eigenvalue weighted by Gasteiger charge is 2.32. The zero-order chi connectivity index (χ0) is 16.0. The van der Waals surface area contributed by atoms with E-state index in [1.807, 2.05) is 26.0 Å². The van der Waals surface area contributed by atoms with E-state index in [1.54, 1.807) is 0 Å². The second-order valence-electron chi connectivity index (χ2n) is 6.09. The lowest BCUT2D eigenvalue weighted by atomic mass is 10.1. The van der Waals surface area contributed by atoms with Crippen molar-refractivity contribution in [2.45, 2.75) is 39.2 Å². The molecule has 1 atom stereocenters. The number of aromatic hydroxyl groups is 1. The molecule has 1 aliphatic rings. The van der Waals surface area contributed by atoms with Crippen molar-refractivity contribution in [2.75, 3.05) is 13.1 Å². The number of hydrogen-bond donors (Lipinski definition) is 1. The lowest BCUT2D eigenvalue weighted by molar-refractivity contribution is 0.168. The van der Waals surface area contributed by atoms with Gasteiger partial charge in [0.05, 0.1) is 4.88 Å². The molecule has 0 bridgehead atoms. The summed E-state index contributed by atoms with van der Waals surface area (Å²) in [6.07, 6.45) is 3.62. The van der Waals surface area contributed by atoms with Gasteiger partial charge in [-0.15, -0.1) is 5.10 Å². The summed E-state index contributed by atoms with van der Waals surface area (Å²) < 4.78 is 7.44. The Morgan fingerprint density at radius 2 is 2.00 bits per heavy atom. The molecule has 1 N–H and O–H groups in total. The quantitative estimate of drug-likeness (QED) is 0.797. The van der Waals surface area contributed by atoms with E-state index in [2.05, 4.69) is 15.0 Å². The van der Waals surface area contributed by atoms with E-state index in [1.165, 1.54) is 35.1 Å². The average molecular weight is 332 g/mol. The van der Waals surface area contributed by atoms with Crippen LogP contribution in [-0.2, 0) is 0 Å². The van der Waals surface area contributed by atoms with Crippen molar-refractivity contribution < 1.29 is 9.52 Å². The molecule has 0 unspecified atom stereocenters. The maximum atomic E-state index is 10.7. The van der Waals surface area contributed by atoms with Crippen LogP contribution in [0.15, 0.2) is 16.5 Å². The zero-order valence-corrected chi connectivity index (χ0v) is 14.1. The minimum absolute atomic E-state index is 0.0715. The number of furan rings is 1. The van der Waals surface area contributed by atoms with Gasteiger partial charge in [0.15, 0.2) is 0 Å². The van der Waals surface area contributed by atoms with E-state index >= 15 is 0 Å². The van der Waals surface area contributed by atoms with Crippen LogP contribution < -0.4 is 0 Å². The molecule has 0 aromatic carbocycles. The molecule has 0 saturated carbocycles. The summed E-state index contributed by atoms with van der Waals surface area (Å²) in [7, 11) is 0. The van der Waals surface area contributed by atoms with Gasteiger partial charge in [0.2, 0.25) is 10.8 Å². The van der Waals surface area contributed by atoms with Gasteiger partial charge in [0.1, 0.15) is 23.4 Å². The van der Waals surface area contributed by atoms with Crippen LogP contribution in [0.5, 0.6) is 5.88 Å². The molecule has 1 aliphatic heterocycles. The van der Waals surface area contributed by atoms with Crippen LogP contribution in [0.3, 0.4) is 0 Å². The predicted octanol–water partition coefficient (Wildman–Crippen LogP) is 3.28. The monoisotopic (exact) mass is 332 g/mol. The number of likely N-dealkylation sites (tertiary alicyclic amines) is 1. The van der Waals surface area contributed by atoms with Crippen molar-refractivity contribution >= 4 is 16.3 Å². The van der Waals surface area contributed by atoms with Crippen molar-refractivity contribution in [3.63, 3.8) is 0 Å². The maximum Gasteiger partial charge on any atom is 0.230 e. The number of aromatic nitrogens is 3. The Kier molecular flexibility index (Phi) is 3.61. The molecular formula is C16H20N4O2S. The third kappa shape index (κ3) is 2.53. The first-order valence-corrected chi connectivity index (χ1v) is 8.80. The summed E-state index contributed by atoms with van der Waals surface area (Å²) in [5, 5.41) is 15.0. The van der Waals surface area contributed by atoms with Gasteiger partial charge < -0.3 is 9.52 Å². The third-order valence-electron chi connectivity index (χ3n) is 4.34. The molecule has 7 heteroatoms. The first-order valence-electron chi connectivity index (χ1n) is 7.99. The molecule has 0 spiro atoms. The van der Waals surface area contributed by atoms with E-state index in [0.717, 1.165) is 34.4 Å². The fourth-order valence-corrected chi connectivity index (χ4v) is 4.42. The number of aryl methyl sites for hydroxylation is 2. The number of rotatable bonds is 3. The SMILES string of the molecule is Cc1nc2sc([C@@H](c3ccc(C)o3)N3CCCCC3)c(O)n2n1. The highest BCUT2D eigenvalue weighted by molar-refractivity contribution is 7.17. The highest BCUT2D eigenvalue weighted by Crippen LogP contribution is 2.41. The van der Waals surface area contributed by atoms with Crippen molar-refractivity contribution in [1.29, 1.82) is 0 Å². The van der Waals surface area contributed by atoms with Crippen LogP contribution in [0.4, 0.5) is 0 Å². The van der Waals surface area contributed by atoms with Crippen molar-refractivity contribution in [1.82, 2.24) is 19.5 Å². The largest absolute Gasteiger partial charge is 0.492 e. The van der Waals surface area contributed by atoms with E-state index in [4.69, 9.17) is 4.42 Å². The molecule has 1 saturated heterocycles. The van der Waals surface area contributed by atoms with E-state index < -0.39 is 0 Å². The molecule has 4 heterocycles. The molecule has 23 heavy (non-hydrogen) atoms. The van der Waals surface area contributed by atoms with Crippen LogP contribution in [0, 0.1) is 13.8 Å². The maximum absolute atomic E-state index is 10.7. The van der Waals surface area contributed by atoms with Gasteiger partial charge >= 0.3 is 0 Å². The van der Waals surface area contributed by atoms with Crippen LogP contribution >= 0.6 is 11.3 Å². The van der Waals surface area contributed by atoms with Gasteiger partial charge in [0, 0.05) is 0 Å². The summed E-state index contributed by atoms with van der Waals surface area (Å²) in [5.41, 5.74) is 0. The summed E-state index contributed by atoms with van der Waals surface area (Å²) in [6, 6.07) is 3.91. The second-order valence-corrected chi connectivity index (χ2v) is 7.10. The fraction of sp³-hybridized carbons (Fsp3) is 0.500. The lowest BCUT2D eigenvalue weighted by Gasteiger charge is -2.32. The Morgan fingerprint density at radius 3 is 2.65 bits per heavy atom. The Labute approximate surface area is 138 Å². The summed E-state index contributed by atoms with van der Waals surface area (Å²) in [6.45, 7) is 5.80. The van der Waals surface area contributed by atoms with Gasteiger partial charge in [0.25, 0.3) is 0 Å². The lowest BCUT2D eigenvalue weighted by Crippen LogP contribution is -2.33. The summed E-state index contributed by atoms with van der Waals surface area (Å²) >= 11 is 1.49. The van der Waals surface area contributed by atoms with Gasteiger partial charge in [-0.05, 0) is 51.9 Å². The molecule has 4 rings (SSSR count). The molecule has 6 nitrogen and oxygen atoms in total. The predicted molar refractivity (Wildman–Crippen MR) is 88.0 cm³/mol. The van der Waals surface area contributed by atoms with Crippen LogP contribution in [-0.4, -0.2) is 37.7 Å². The van der Waals surface area contributed by atoms with Crippen molar-refractivity contribution in [2.24, 2.45) is 0 Å². The third-order valence-corrected chi connectivity index (χ3v) is 5.41. The zero-order valence-electron chi connectivity index (χ0n) is 13.3. The van der Waals surface area contributed by atoms with Gasteiger partial charge in [-0.3, -0.25) is 4.90 Å². The minimum Gasteiger partial charge on any atom is -0.492 e. The average Bonchev–Trinajstić information content (AvgIpc) is 3.19. The van der Waals surface area contributed by atoms with Gasteiger partial charge in [-0.2, -0.15) is 4.52 Å². The summed E-state index contributed by atoms with van der Waals surface area (Å²) in [5.74, 6) is 2.61. The highest BCUT2D eigenvalue weighted by atomic mass is 32.1. The number of hydrogen-bond acceptors (Lipinski definition) is 6. The molecule has 0 amide bonds. The number of nitrogens with zero attached hydrogens (tertiary/aromatic N) is 4. The smallest absolute Gasteiger partial charge is 0.230 e. The molecule has 1 fully saturated rings. The first kappa shape index (κ1) is 14.7.